The van der Waals surface area contributed by atoms with E-state index in [9.17, 15) is 18.0 Å². The maximum Gasteiger partial charge on any atom is 0.416 e. The SMILES string of the molecule is COc1cccc(N(CCc2ccc(C(F)(F)F)cc2)C(=O)C(N)c2ccccc2OC)c1. The number of ether oxygens (including phenoxy) is 2. The molecule has 0 aliphatic heterocycles. The maximum absolute atomic E-state index is 13.5. The van der Waals surface area contributed by atoms with Crippen molar-refractivity contribution in [2.24, 2.45) is 5.73 Å². The van der Waals surface area contributed by atoms with Crippen LogP contribution in [-0.2, 0) is 17.4 Å². The highest BCUT2D eigenvalue weighted by atomic mass is 19.4. The molecule has 0 spiro atoms. The molecule has 5 nitrogen and oxygen atoms in total. The molecule has 174 valence electrons. The number of alkyl halides is 3. The van der Waals surface area contributed by atoms with Crippen LogP contribution in [0.2, 0.25) is 0 Å². The number of hydrogen-bond donors (Lipinski definition) is 1. The monoisotopic (exact) mass is 458 g/mol. The van der Waals surface area contributed by atoms with E-state index in [1.54, 1.807) is 48.5 Å². The first-order valence-electron chi connectivity index (χ1n) is 10.2. The normalized spacial score (nSPS) is 12.2. The number of rotatable bonds is 8. The van der Waals surface area contributed by atoms with Crippen molar-refractivity contribution in [1.82, 2.24) is 0 Å². The third kappa shape index (κ3) is 5.84. The summed E-state index contributed by atoms with van der Waals surface area (Å²) < 4.78 is 49.2. The van der Waals surface area contributed by atoms with Crippen LogP contribution in [0.25, 0.3) is 0 Å². The topological polar surface area (TPSA) is 64.8 Å². The number of anilines is 1. The Bertz CT molecular complexity index is 1080. The molecule has 1 unspecified atom stereocenters. The molecule has 3 aromatic carbocycles. The zero-order chi connectivity index (χ0) is 24.0. The molecular weight excluding hydrogens is 433 g/mol. The fourth-order valence-corrected chi connectivity index (χ4v) is 3.47. The van der Waals surface area contributed by atoms with Crippen LogP contribution in [-0.4, -0.2) is 26.7 Å². The molecule has 8 heteroatoms. The zero-order valence-corrected chi connectivity index (χ0v) is 18.3. The Labute approximate surface area is 190 Å². The number of hydrogen-bond acceptors (Lipinski definition) is 4. The second-order valence-corrected chi connectivity index (χ2v) is 7.36. The summed E-state index contributed by atoms with van der Waals surface area (Å²) in [6.07, 6.45) is -4.07. The van der Waals surface area contributed by atoms with Crippen LogP contribution in [0.1, 0.15) is 22.7 Å². The minimum absolute atomic E-state index is 0.209. The molecule has 0 aliphatic rings. The third-order valence-corrected chi connectivity index (χ3v) is 5.28. The molecule has 0 bridgehead atoms. The van der Waals surface area contributed by atoms with Gasteiger partial charge in [0.05, 0.1) is 19.8 Å². The van der Waals surface area contributed by atoms with Crippen molar-refractivity contribution < 1.29 is 27.4 Å². The smallest absolute Gasteiger partial charge is 0.416 e. The molecule has 0 radical (unpaired) electrons. The fourth-order valence-electron chi connectivity index (χ4n) is 3.47. The van der Waals surface area contributed by atoms with E-state index in [-0.39, 0.29) is 12.5 Å². The number of benzene rings is 3. The number of nitrogens with zero attached hydrogens (tertiary/aromatic N) is 1. The Kier molecular flexibility index (Phi) is 7.60. The van der Waals surface area contributed by atoms with Gasteiger partial charge in [-0.2, -0.15) is 13.2 Å². The van der Waals surface area contributed by atoms with E-state index in [0.29, 0.717) is 34.7 Å². The molecule has 0 saturated heterocycles. The van der Waals surface area contributed by atoms with Crippen LogP contribution in [0.15, 0.2) is 72.8 Å². The summed E-state index contributed by atoms with van der Waals surface area (Å²) in [5, 5.41) is 0. The lowest BCUT2D eigenvalue weighted by atomic mass is 10.0. The van der Waals surface area contributed by atoms with Crippen molar-refractivity contribution >= 4 is 11.6 Å². The van der Waals surface area contributed by atoms with E-state index in [0.717, 1.165) is 12.1 Å². The Balaban J connectivity index is 1.88. The lowest BCUT2D eigenvalue weighted by Crippen LogP contribution is -2.40. The van der Waals surface area contributed by atoms with Gasteiger partial charge in [0.15, 0.2) is 0 Å². The summed E-state index contributed by atoms with van der Waals surface area (Å²) in [6.45, 7) is 0.209. The molecular formula is C25H25F3N2O3. The summed E-state index contributed by atoms with van der Waals surface area (Å²) in [5.74, 6) is 0.678. The van der Waals surface area contributed by atoms with Gasteiger partial charge < -0.3 is 20.1 Å². The molecule has 0 aromatic heterocycles. The van der Waals surface area contributed by atoms with Crippen LogP contribution < -0.4 is 20.1 Å². The van der Waals surface area contributed by atoms with Crippen LogP contribution in [0, 0.1) is 0 Å². The van der Waals surface area contributed by atoms with E-state index in [2.05, 4.69) is 0 Å². The number of amides is 1. The van der Waals surface area contributed by atoms with Crippen molar-refractivity contribution in [3.8, 4) is 11.5 Å². The van der Waals surface area contributed by atoms with Crippen LogP contribution in [0.5, 0.6) is 11.5 Å². The highest BCUT2D eigenvalue weighted by Gasteiger charge is 2.30. The largest absolute Gasteiger partial charge is 0.497 e. The van der Waals surface area contributed by atoms with Gasteiger partial charge in [0.1, 0.15) is 17.5 Å². The zero-order valence-electron chi connectivity index (χ0n) is 18.3. The van der Waals surface area contributed by atoms with E-state index in [4.69, 9.17) is 15.2 Å². The summed E-state index contributed by atoms with van der Waals surface area (Å²) in [4.78, 5) is 15.0. The van der Waals surface area contributed by atoms with Crippen LogP contribution in [0.3, 0.4) is 0 Å². The van der Waals surface area contributed by atoms with Gasteiger partial charge in [0, 0.05) is 23.9 Å². The molecule has 0 saturated carbocycles. The second-order valence-electron chi connectivity index (χ2n) is 7.36. The summed E-state index contributed by atoms with van der Waals surface area (Å²) in [7, 11) is 3.02. The second kappa shape index (κ2) is 10.4. The highest BCUT2D eigenvalue weighted by molar-refractivity contribution is 5.98. The van der Waals surface area contributed by atoms with Crippen molar-refractivity contribution in [3.05, 3.63) is 89.5 Å². The fraction of sp³-hybridized carbons (Fsp3) is 0.240. The van der Waals surface area contributed by atoms with Gasteiger partial charge >= 0.3 is 6.18 Å². The summed E-state index contributed by atoms with van der Waals surface area (Å²) >= 11 is 0. The van der Waals surface area contributed by atoms with Crippen LogP contribution in [0.4, 0.5) is 18.9 Å². The number of para-hydroxylation sites is 1. The predicted octanol–water partition coefficient (Wildman–Crippen LogP) is 5.00. The molecule has 0 heterocycles. The highest BCUT2D eigenvalue weighted by Crippen LogP contribution is 2.30. The van der Waals surface area contributed by atoms with Gasteiger partial charge in [-0.15, -0.1) is 0 Å². The average Bonchev–Trinajstić information content (AvgIpc) is 2.83. The maximum atomic E-state index is 13.5. The van der Waals surface area contributed by atoms with Crippen molar-refractivity contribution in [1.29, 1.82) is 0 Å². The average molecular weight is 458 g/mol. The first kappa shape index (κ1) is 24.1. The number of methoxy groups -OCH3 is 2. The summed E-state index contributed by atoms with van der Waals surface area (Å²) in [6, 6.07) is 17.9. The Morgan fingerprint density at radius 1 is 0.970 bits per heavy atom. The van der Waals surface area contributed by atoms with Gasteiger partial charge in [-0.3, -0.25) is 4.79 Å². The third-order valence-electron chi connectivity index (χ3n) is 5.28. The van der Waals surface area contributed by atoms with Crippen LogP contribution >= 0.6 is 0 Å². The number of carbonyl (C=O) groups excluding carboxylic acids is 1. The molecule has 1 amide bonds. The molecule has 0 fully saturated rings. The Morgan fingerprint density at radius 2 is 1.67 bits per heavy atom. The van der Waals surface area contributed by atoms with Crippen molar-refractivity contribution in [2.75, 3.05) is 25.7 Å². The molecule has 33 heavy (non-hydrogen) atoms. The number of carbonyl (C=O) groups is 1. The Hall–Kier alpha value is -3.52. The molecule has 3 rings (SSSR count). The lowest BCUT2D eigenvalue weighted by molar-refractivity contribution is -0.137. The van der Waals surface area contributed by atoms with Gasteiger partial charge in [0.25, 0.3) is 0 Å². The Morgan fingerprint density at radius 3 is 2.30 bits per heavy atom. The standard InChI is InChI=1S/C25H25F3N2O3/c1-32-20-7-5-6-19(16-20)30(15-14-17-10-12-18(13-11-17)25(26,27)28)24(31)23(29)21-8-3-4-9-22(21)33-2/h3-13,16,23H,14-15,29H2,1-2H3. The van der Waals surface area contributed by atoms with E-state index in [1.807, 2.05) is 0 Å². The molecule has 0 aliphatic carbocycles. The quantitative estimate of drug-likeness (QED) is 0.516. The van der Waals surface area contributed by atoms with E-state index >= 15 is 0 Å². The van der Waals surface area contributed by atoms with Crippen molar-refractivity contribution in [2.45, 2.75) is 18.6 Å². The minimum Gasteiger partial charge on any atom is -0.497 e. The van der Waals surface area contributed by atoms with Gasteiger partial charge in [-0.05, 0) is 42.3 Å². The number of nitrogens with two attached hydrogens (primary N) is 1. The molecule has 2 N–H and O–H groups in total. The van der Waals surface area contributed by atoms with Crippen molar-refractivity contribution in [3.63, 3.8) is 0 Å². The first-order valence-corrected chi connectivity index (χ1v) is 10.2. The predicted molar refractivity (Wildman–Crippen MR) is 120 cm³/mol. The van der Waals surface area contributed by atoms with Gasteiger partial charge in [-0.25, -0.2) is 0 Å². The minimum atomic E-state index is -4.40. The first-order chi connectivity index (χ1) is 15.7. The van der Waals surface area contributed by atoms with Gasteiger partial charge in [-0.1, -0.05) is 36.4 Å². The van der Waals surface area contributed by atoms with E-state index in [1.165, 1.54) is 31.3 Å². The van der Waals surface area contributed by atoms with E-state index < -0.39 is 17.8 Å². The lowest BCUT2D eigenvalue weighted by Gasteiger charge is -2.27. The molecule has 1 atom stereocenters. The van der Waals surface area contributed by atoms with Gasteiger partial charge in [0.2, 0.25) is 5.91 Å². The molecule has 3 aromatic rings. The number of halogens is 3. The summed E-state index contributed by atoms with van der Waals surface area (Å²) in [5.41, 5.74) is 7.38.